The van der Waals surface area contributed by atoms with Crippen LogP contribution in [-0.4, -0.2) is 58.3 Å². The number of hydrogen-bond acceptors (Lipinski definition) is 3. The fourth-order valence-corrected chi connectivity index (χ4v) is 3.34. The first-order chi connectivity index (χ1) is 8.66. The molecule has 0 bridgehead atoms. The number of nitrogens with zero attached hydrogens (tertiary/aromatic N) is 2. The quantitative estimate of drug-likeness (QED) is 0.554. The molecule has 5 heteroatoms. The first-order valence-electron chi connectivity index (χ1n) is 6.46. The van der Waals surface area contributed by atoms with Crippen LogP contribution in [0, 0.1) is 0 Å². The summed E-state index contributed by atoms with van der Waals surface area (Å²) in [5, 5.41) is 0. The third-order valence-electron chi connectivity index (χ3n) is 3.64. The van der Waals surface area contributed by atoms with E-state index in [-0.39, 0.29) is 23.9 Å². The topological polar surface area (TPSA) is 40.6 Å². The average Bonchev–Trinajstić information content (AvgIpc) is 2.85. The van der Waals surface area contributed by atoms with Crippen LogP contribution < -0.4 is 0 Å². The van der Waals surface area contributed by atoms with E-state index in [1.807, 2.05) is 13.0 Å². The van der Waals surface area contributed by atoms with E-state index in [1.54, 1.807) is 21.6 Å². The number of carbonyl (C=O) groups is 2. The van der Waals surface area contributed by atoms with Crippen LogP contribution in [0.25, 0.3) is 0 Å². The Kier molecular flexibility index (Phi) is 4.32. The van der Waals surface area contributed by atoms with E-state index in [4.69, 9.17) is 0 Å². The first-order valence-corrected chi connectivity index (χ1v) is 7.62. The Bertz CT molecular complexity index is 359. The lowest BCUT2D eigenvalue weighted by molar-refractivity contribution is -0.158. The summed E-state index contributed by atoms with van der Waals surface area (Å²) in [5.41, 5.74) is 0. The van der Waals surface area contributed by atoms with E-state index >= 15 is 0 Å². The van der Waals surface area contributed by atoms with Gasteiger partial charge in [0, 0.05) is 24.6 Å². The lowest BCUT2D eigenvalue weighted by Crippen LogP contribution is -2.62. The summed E-state index contributed by atoms with van der Waals surface area (Å²) in [4.78, 5) is 28.0. The number of rotatable bonds is 5. The van der Waals surface area contributed by atoms with Gasteiger partial charge >= 0.3 is 0 Å². The lowest BCUT2D eigenvalue weighted by atomic mass is 10.1. The van der Waals surface area contributed by atoms with E-state index in [0.717, 1.165) is 30.9 Å². The number of amides is 2. The molecule has 2 amide bonds. The number of carbonyl (C=O) groups excluding carboxylic acids is 2. The summed E-state index contributed by atoms with van der Waals surface area (Å²) in [7, 11) is 0. The molecule has 2 saturated heterocycles. The number of fused-ring (bicyclic) bond motifs is 1. The zero-order valence-corrected chi connectivity index (χ0v) is 11.6. The van der Waals surface area contributed by atoms with Gasteiger partial charge in [0.05, 0.1) is 0 Å². The van der Waals surface area contributed by atoms with E-state index in [2.05, 4.69) is 6.58 Å². The number of hydrogen-bond donors (Lipinski definition) is 0. The molecule has 0 aliphatic carbocycles. The summed E-state index contributed by atoms with van der Waals surface area (Å²) < 4.78 is 0. The molecule has 0 N–H and O–H groups in total. The molecule has 100 valence electrons. The van der Waals surface area contributed by atoms with Gasteiger partial charge in [-0.3, -0.25) is 9.59 Å². The smallest absolute Gasteiger partial charge is 0.246 e. The van der Waals surface area contributed by atoms with Gasteiger partial charge in [0.1, 0.15) is 12.1 Å². The molecule has 2 aliphatic rings. The molecular weight excluding hydrogens is 248 g/mol. The Morgan fingerprint density at radius 1 is 1.44 bits per heavy atom. The zero-order chi connectivity index (χ0) is 13.1. The molecule has 0 radical (unpaired) electrons. The molecule has 4 nitrogen and oxygen atoms in total. The van der Waals surface area contributed by atoms with Crippen LogP contribution in [0.5, 0.6) is 0 Å². The summed E-state index contributed by atoms with van der Waals surface area (Å²) >= 11 is 1.74. The van der Waals surface area contributed by atoms with Gasteiger partial charge < -0.3 is 9.80 Å². The van der Waals surface area contributed by atoms with Crippen LogP contribution in [0.2, 0.25) is 0 Å². The molecule has 0 aromatic rings. The summed E-state index contributed by atoms with van der Waals surface area (Å²) in [6.07, 6.45) is 3.64. The normalized spacial score (nSPS) is 27.6. The van der Waals surface area contributed by atoms with Gasteiger partial charge in [0.15, 0.2) is 0 Å². The molecule has 2 unspecified atom stereocenters. The molecule has 0 saturated carbocycles. The van der Waals surface area contributed by atoms with E-state index < -0.39 is 0 Å². The van der Waals surface area contributed by atoms with Gasteiger partial charge in [-0.15, -0.1) is 6.58 Å². The highest BCUT2D eigenvalue weighted by molar-refractivity contribution is 7.99. The van der Waals surface area contributed by atoms with E-state index in [1.165, 1.54) is 0 Å². The highest BCUT2D eigenvalue weighted by atomic mass is 32.2. The Labute approximate surface area is 112 Å². The molecule has 0 aromatic carbocycles. The van der Waals surface area contributed by atoms with Crippen molar-refractivity contribution in [3.63, 3.8) is 0 Å². The van der Waals surface area contributed by atoms with Crippen LogP contribution in [0.15, 0.2) is 12.7 Å². The fourth-order valence-electron chi connectivity index (χ4n) is 2.68. The second-order valence-electron chi connectivity index (χ2n) is 4.76. The minimum absolute atomic E-state index is 0.117. The van der Waals surface area contributed by atoms with Gasteiger partial charge in [0.25, 0.3) is 0 Å². The molecule has 2 atom stereocenters. The van der Waals surface area contributed by atoms with Crippen molar-refractivity contribution in [1.82, 2.24) is 9.80 Å². The van der Waals surface area contributed by atoms with Gasteiger partial charge in [-0.05, 0) is 19.8 Å². The van der Waals surface area contributed by atoms with Crippen LogP contribution >= 0.6 is 11.8 Å². The SMILES string of the molecule is C=CCSCCN1C(=O)C2CCCN2C(=O)C1C. The van der Waals surface area contributed by atoms with Crippen molar-refractivity contribution in [1.29, 1.82) is 0 Å². The average molecular weight is 268 g/mol. The van der Waals surface area contributed by atoms with Crippen molar-refractivity contribution >= 4 is 23.6 Å². The zero-order valence-electron chi connectivity index (χ0n) is 10.8. The van der Waals surface area contributed by atoms with Gasteiger partial charge in [-0.1, -0.05) is 6.08 Å². The van der Waals surface area contributed by atoms with Gasteiger partial charge in [-0.25, -0.2) is 0 Å². The fraction of sp³-hybridized carbons (Fsp3) is 0.692. The van der Waals surface area contributed by atoms with Crippen molar-refractivity contribution < 1.29 is 9.59 Å². The minimum atomic E-state index is -0.295. The van der Waals surface area contributed by atoms with Crippen molar-refractivity contribution in [2.24, 2.45) is 0 Å². The maximum atomic E-state index is 12.3. The molecule has 18 heavy (non-hydrogen) atoms. The van der Waals surface area contributed by atoms with Crippen LogP contribution in [-0.2, 0) is 9.59 Å². The molecule has 2 rings (SSSR count). The highest BCUT2D eigenvalue weighted by Gasteiger charge is 2.45. The number of piperazine rings is 1. The van der Waals surface area contributed by atoms with Gasteiger partial charge in [0.2, 0.25) is 11.8 Å². The van der Waals surface area contributed by atoms with E-state index in [0.29, 0.717) is 6.54 Å². The molecule has 2 aliphatic heterocycles. The lowest BCUT2D eigenvalue weighted by Gasteiger charge is -2.40. The van der Waals surface area contributed by atoms with Crippen LogP contribution in [0.3, 0.4) is 0 Å². The predicted octanol–water partition coefficient (Wildman–Crippen LogP) is 1.13. The van der Waals surface area contributed by atoms with Gasteiger partial charge in [-0.2, -0.15) is 11.8 Å². The molecular formula is C13H20N2O2S. The third kappa shape index (κ3) is 2.41. The Hall–Kier alpha value is -0.970. The Morgan fingerprint density at radius 2 is 2.22 bits per heavy atom. The van der Waals surface area contributed by atoms with Crippen LogP contribution in [0.1, 0.15) is 19.8 Å². The highest BCUT2D eigenvalue weighted by Crippen LogP contribution is 2.26. The standard InChI is InChI=1S/C13H20N2O2S/c1-3-8-18-9-7-14-10(2)12(16)15-6-4-5-11(15)13(14)17/h3,10-11H,1,4-9H2,2H3. The maximum Gasteiger partial charge on any atom is 0.246 e. The molecule has 2 fully saturated rings. The predicted molar refractivity (Wildman–Crippen MR) is 73.4 cm³/mol. The van der Waals surface area contributed by atoms with Crippen molar-refractivity contribution in [3.8, 4) is 0 Å². The second-order valence-corrected chi connectivity index (χ2v) is 5.91. The largest absolute Gasteiger partial charge is 0.329 e. The minimum Gasteiger partial charge on any atom is -0.329 e. The Balaban J connectivity index is 1.98. The molecule has 2 heterocycles. The summed E-state index contributed by atoms with van der Waals surface area (Å²) in [5.74, 6) is 2.01. The van der Waals surface area contributed by atoms with Crippen molar-refractivity contribution in [2.75, 3.05) is 24.6 Å². The summed E-state index contributed by atoms with van der Waals surface area (Å²) in [6, 6.07) is -0.478. The molecule has 0 spiro atoms. The maximum absolute atomic E-state index is 12.3. The second kappa shape index (κ2) is 5.78. The van der Waals surface area contributed by atoms with Crippen LogP contribution in [0.4, 0.5) is 0 Å². The van der Waals surface area contributed by atoms with Crippen molar-refractivity contribution in [2.45, 2.75) is 31.8 Å². The first kappa shape index (κ1) is 13.5. The molecule has 0 aromatic heterocycles. The third-order valence-corrected chi connectivity index (χ3v) is 4.58. The Morgan fingerprint density at radius 3 is 2.94 bits per heavy atom. The van der Waals surface area contributed by atoms with Crippen molar-refractivity contribution in [3.05, 3.63) is 12.7 Å². The number of thioether (sulfide) groups is 1. The summed E-state index contributed by atoms with van der Waals surface area (Å²) in [6.45, 7) is 6.92. The monoisotopic (exact) mass is 268 g/mol. The van der Waals surface area contributed by atoms with E-state index in [9.17, 15) is 9.59 Å².